The average molecular weight is 300 g/mol. The van der Waals surface area contributed by atoms with Crippen LogP contribution in [0.5, 0.6) is 0 Å². The molecule has 3 rings (SSSR count). The van der Waals surface area contributed by atoms with E-state index in [9.17, 15) is 14.9 Å². The van der Waals surface area contributed by atoms with E-state index >= 15 is 0 Å². The summed E-state index contributed by atoms with van der Waals surface area (Å²) in [6.07, 6.45) is 1.44. The number of nitrogens with zero attached hydrogens (tertiary/aromatic N) is 3. The number of benzene rings is 1. The van der Waals surface area contributed by atoms with E-state index in [-0.39, 0.29) is 23.2 Å². The zero-order valence-electron chi connectivity index (χ0n) is 10.9. The van der Waals surface area contributed by atoms with Gasteiger partial charge in [0.25, 0.3) is 17.5 Å². The van der Waals surface area contributed by atoms with Crippen molar-refractivity contribution in [1.82, 2.24) is 10.2 Å². The van der Waals surface area contributed by atoms with Crippen LogP contribution < -0.4 is 5.32 Å². The summed E-state index contributed by atoms with van der Waals surface area (Å²) in [5.74, 6) is -0.288. The van der Waals surface area contributed by atoms with Gasteiger partial charge in [-0.3, -0.25) is 20.2 Å². The molecule has 0 atom stereocenters. The summed E-state index contributed by atoms with van der Waals surface area (Å²) in [7, 11) is 0. The molecular weight excluding hydrogens is 292 g/mol. The first-order chi connectivity index (χ1) is 10.6. The third-order valence-electron chi connectivity index (χ3n) is 2.72. The second-order valence-corrected chi connectivity index (χ2v) is 4.12. The van der Waals surface area contributed by atoms with Gasteiger partial charge >= 0.3 is 6.01 Å². The van der Waals surface area contributed by atoms with Gasteiger partial charge in [0.05, 0.1) is 11.2 Å². The number of carbonyl (C=O) groups excluding carboxylic acids is 1. The Kier molecular flexibility index (Phi) is 3.36. The third-order valence-corrected chi connectivity index (χ3v) is 2.72. The van der Waals surface area contributed by atoms with Crippen molar-refractivity contribution in [3.8, 4) is 11.7 Å². The topological polar surface area (TPSA) is 124 Å². The summed E-state index contributed by atoms with van der Waals surface area (Å²) in [4.78, 5) is 22.3. The van der Waals surface area contributed by atoms with Crippen molar-refractivity contribution in [2.75, 3.05) is 5.32 Å². The predicted octanol–water partition coefficient (Wildman–Crippen LogP) is 2.49. The molecule has 22 heavy (non-hydrogen) atoms. The van der Waals surface area contributed by atoms with Crippen molar-refractivity contribution in [1.29, 1.82) is 0 Å². The Hall–Kier alpha value is -3.49. The number of nitro groups is 1. The summed E-state index contributed by atoms with van der Waals surface area (Å²) in [5.41, 5.74) is -0.420. The Morgan fingerprint density at radius 2 is 2.00 bits per heavy atom. The number of rotatable bonds is 4. The SMILES string of the molecule is O=C(Nc1nnc(-c2ccco2)o1)c1ccccc1[N+](=O)[O-]. The Morgan fingerprint density at radius 1 is 1.18 bits per heavy atom. The highest BCUT2D eigenvalue weighted by molar-refractivity contribution is 6.06. The Labute approximate surface area is 122 Å². The summed E-state index contributed by atoms with van der Waals surface area (Å²) in [5, 5.41) is 20.5. The van der Waals surface area contributed by atoms with Gasteiger partial charge < -0.3 is 8.83 Å². The van der Waals surface area contributed by atoms with Gasteiger partial charge in [-0.2, -0.15) is 0 Å². The van der Waals surface area contributed by atoms with Crippen molar-refractivity contribution in [2.24, 2.45) is 0 Å². The number of carbonyl (C=O) groups is 1. The van der Waals surface area contributed by atoms with E-state index < -0.39 is 10.8 Å². The molecule has 1 aromatic carbocycles. The van der Waals surface area contributed by atoms with Gasteiger partial charge in [-0.05, 0) is 18.2 Å². The first-order valence-electron chi connectivity index (χ1n) is 6.07. The van der Waals surface area contributed by atoms with Crippen molar-refractivity contribution in [2.45, 2.75) is 0 Å². The molecule has 0 spiro atoms. The van der Waals surface area contributed by atoms with E-state index in [1.54, 1.807) is 12.1 Å². The number of hydrogen-bond acceptors (Lipinski definition) is 7. The Bertz CT molecular complexity index is 825. The van der Waals surface area contributed by atoms with Crippen LogP contribution in [0.2, 0.25) is 0 Å². The van der Waals surface area contributed by atoms with Gasteiger partial charge in [-0.1, -0.05) is 17.2 Å². The molecule has 0 fully saturated rings. The second-order valence-electron chi connectivity index (χ2n) is 4.12. The number of hydrogen-bond donors (Lipinski definition) is 1. The van der Waals surface area contributed by atoms with Crippen molar-refractivity contribution in [3.05, 3.63) is 58.3 Å². The fourth-order valence-corrected chi connectivity index (χ4v) is 1.76. The molecule has 0 saturated heterocycles. The molecule has 0 radical (unpaired) electrons. The Morgan fingerprint density at radius 3 is 2.73 bits per heavy atom. The zero-order valence-corrected chi connectivity index (χ0v) is 10.9. The summed E-state index contributed by atoms with van der Waals surface area (Å²) < 4.78 is 10.3. The maximum absolute atomic E-state index is 12.1. The first-order valence-corrected chi connectivity index (χ1v) is 6.07. The van der Waals surface area contributed by atoms with Crippen LogP contribution in [0.15, 0.2) is 51.5 Å². The molecule has 0 bridgehead atoms. The van der Waals surface area contributed by atoms with Gasteiger partial charge in [0.1, 0.15) is 5.56 Å². The minimum Gasteiger partial charge on any atom is -0.459 e. The van der Waals surface area contributed by atoms with Crippen LogP contribution in [0.25, 0.3) is 11.7 Å². The lowest BCUT2D eigenvalue weighted by molar-refractivity contribution is -0.385. The van der Waals surface area contributed by atoms with Crippen molar-refractivity contribution < 1.29 is 18.6 Å². The van der Waals surface area contributed by atoms with Crippen LogP contribution in [-0.4, -0.2) is 21.0 Å². The normalized spacial score (nSPS) is 10.4. The molecule has 2 heterocycles. The molecule has 9 heteroatoms. The van der Waals surface area contributed by atoms with Crippen LogP contribution >= 0.6 is 0 Å². The minimum absolute atomic E-state index is 0.0860. The molecule has 2 aromatic heterocycles. The highest BCUT2D eigenvalue weighted by Gasteiger charge is 2.21. The quantitative estimate of drug-likeness (QED) is 0.579. The number of nitrogens with one attached hydrogen (secondary N) is 1. The Balaban J connectivity index is 1.82. The molecule has 9 nitrogen and oxygen atoms in total. The van der Waals surface area contributed by atoms with E-state index in [2.05, 4.69) is 15.5 Å². The van der Waals surface area contributed by atoms with Crippen LogP contribution in [-0.2, 0) is 0 Å². The number of amides is 1. The second kappa shape index (κ2) is 5.48. The van der Waals surface area contributed by atoms with Crippen molar-refractivity contribution >= 4 is 17.6 Å². The fourth-order valence-electron chi connectivity index (χ4n) is 1.76. The van der Waals surface area contributed by atoms with Gasteiger partial charge in [0.2, 0.25) is 0 Å². The van der Waals surface area contributed by atoms with Crippen LogP contribution in [0.1, 0.15) is 10.4 Å². The lowest BCUT2D eigenvalue weighted by Gasteiger charge is -2.01. The molecule has 1 amide bonds. The van der Waals surface area contributed by atoms with E-state index in [4.69, 9.17) is 8.83 Å². The van der Waals surface area contributed by atoms with Gasteiger partial charge in [0.15, 0.2) is 5.76 Å². The predicted molar refractivity (Wildman–Crippen MR) is 73.0 cm³/mol. The average Bonchev–Trinajstić information content (AvgIpc) is 3.17. The molecule has 0 aliphatic carbocycles. The fraction of sp³-hybridized carbons (Fsp3) is 0. The van der Waals surface area contributed by atoms with Crippen LogP contribution in [0.4, 0.5) is 11.7 Å². The zero-order chi connectivity index (χ0) is 15.5. The van der Waals surface area contributed by atoms with E-state index in [0.29, 0.717) is 5.76 Å². The minimum atomic E-state index is -0.720. The summed E-state index contributed by atoms with van der Waals surface area (Å²) >= 11 is 0. The van der Waals surface area contributed by atoms with E-state index in [1.807, 2.05) is 0 Å². The highest BCUT2D eigenvalue weighted by Crippen LogP contribution is 2.22. The summed E-state index contributed by atoms with van der Waals surface area (Å²) in [6, 6.07) is 8.62. The largest absolute Gasteiger partial charge is 0.459 e. The molecule has 1 N–H and O–H groups in total. The lowest BCUT2D eigenvalue weighted by atomic mass is 10.1. The first kappa shape index (κ1) is 13.5. The number of anilines is 1. The monoisotopic (exact) mass is 300 g/mol. The third kappa shape index (κ3) is 2.54. The highest BCUT2D eigenvalue weighted by atomic mass is 16.6. The molecule has 0 unspecified atom stereocenters. The number of furan rings is 1. The van der Waals surface area contributed by atoms with Gasteiger partial charge in [0, 0.05) is 6.07 Å². The maximum atomic E-state index is 12.1. The summed E-state index contributed by atoms with van der Waals surface area (Å²) in [6.45, 7) is 0. The molecule has 3 aromatic rings. The molecule has 0 saturated carbocycles. The molecule has 110 valence electrons. The van der Waals surface area contributed by atoms with E-state index in [0.717, 1.165) is 0 Å². The van der Waals surface area contributed by atoms with Crippen molar-refractivity contribution in [3.63, 3.8) is 0 Å². The van der Waals surface area contributed by atoms with Crippen LogP contribution in [0, 0.1) is 10.1 Å². The number of para-hydroxylation sites is 1. The number of aromatic nitrogens is 2. The molecule has 0 aliphatic heterocycles. The van der Waals surface area contributed by atoms with E-state index in [1.165, 1.54) is 30.5 Å². The number of nitro benzene ring substituents is 1. The lowest BCUT2D eigenvalue weighted by Crippen LogP contribution is -2.14. The van der Waals surface area contributed by atoms with Crippen LogP contribution in [0.3, 0.4) is 0 Å². The standard InChI is InChI=1S/C13H8N4O5/c18-11(8-4-1-2-5-9(8)17(19)20)14-13-16-15-12(22-13)10-6-3-7-21-10/h1-7H,(H,14,16,18). The maximum Gasteiger partial charge on any atom is 0.322 e. The molecule has 0 aliphatic rings. The van der Waals surface area contributed by atoms with Gasteiger partial charge in [-0.15, -0.1) is 5.10 Å². The van der Waals surface area contributed by atoms with Gasteiger partial charge in [-0.25, -0.2) is 0 Å². The molecular formula is C13H8N4O5. The smallest absolute Gasteiger partial charge is 0.322 e.